The molecule has 0 spiro atoms. The number of benzene rings is 1. The van der Waals surface area contributed by atoms with E-state index in [1.54, 1.807) is 19.4 Å². The van der Waals surface area contributed by atoms with E-state index in [1.807, 2.05) is 24.3 Å². The number of carbonyl (C=O) groups is 1. The Kier molecular flexibility index (Phi) is 7.81. The van der Waals surface area contributed by atoms with Crippen LogP contribution in [0.4, 0.5) is 11.6 Å². The highest BCUT2D eigenvalue weighted by molar-refractivity contribution is 5.92. The normalized spacial score (nSPS) is 18.8. The van der Waals surface area contributed by atoms with Gasteiger partial charge in [-0.05, 0) is 44.0 Å². The lowest BCUT2D eigenvalue weighted by Crippen LogP contribution is -2.51. The number of ether oxygens (including phenoxy) is 1. The van der Waals surface area contributed by atoms with Crippen molar-refractivity contribution < 1.29 is 9.53 Å². The minimum Gasteiger partial charge on any atom is -0.497 e. The molecule has 1 heterocycles. The lowest BCUT2D eigenvalue weighted by atomic mass is 9.90. The van der Waals surface area contributed by atoms with Gasteiger partial charge >= 0.3 is 0 Å². The fourth-order valence-electron chi connectivity index (χ4n) is 3.63. The van der Waals surface area contributed by atoms with Crippen LogP contribution in [0.1, 0.15) is 55.9 Å². The fourth-order valence-corrected chi connectivity index (χ4v) is 3.63. The first-order valence-electron chi connectivity index (χ1n) is 10.5. The Morgan fingerprint density at radius 3 is 2.83 bits per heavy atom. The molecule has 2 unspecified atom stereocenters. The molecular weight excluding hydrogens is 366 g/mol. The molecule has 1 aliphatic carbocycles. The maximum absolute atomic E-state index is 12.8. The summed E-state index contributed by atoms with van der Waals surface area (Å²) in [6, 6.07) is 9.61. The summed E-state index contributed by atoms with van der Waals surface area (Å²) >= 11 is 0. The Morgan fingerprint density at radius 1 is 1.21 bits per heavy atom. The summed E-state index contributed by atoms with van der Waals surface area (Å²) in [5, 5.41) is 9.92. The van der Waals surface area contributed by atoms with E-state index in [-0.39, 0.29) is 11.9 Å². The molecule has 2 aromatic rings. The van der Waals surface area contributed by atoms with Gasteiger partial charge in [0.2, 0.25) is 5.95 Å². The van der Waals surface area contributed by atoms with E-state index in [4.69, 9.17) is 4.74 Å². The molecular formula is C22H31N5O2. The molecule has 156 valence electrons. The average molecular weight is 398 g/mol. The van der Waals surface area contributed by atoms with Crippen molar-refractivity contribution in [2.24, 2.45) is 0 Å². The van der Waals surface area contributed by atoms with Gasteiger partial charge in [0.1, 0.15) is 11.4 Å². The van der Waals surface area contributed by atoms with Gasteiger partial charge in [-0.1, -0.05) is 32.3 Å². The molecule has 3 N–H and O–H groups in total. The Labute approximate surface area is 172 Å². The van der Waals surface area contributed by atoms with E-state index in [0.717, 1.165) is 43.7 Å². The summed E-state index contributed by atoms with van der Waals surface area (Å²) < 4.78 is 5.23. The van der Waals surface area contributed by atoms with Crippen molar-refractivity contribution in [3.63, 3.8) is 0 Å². The van der Waals surface area contributed by atoms with Gasteiger partial charge in [-0.3, -0.25) is 4.79 Å². The predicted molar refractivity (Wildman–Crippen MR) is 115 cm³/mol. The van der Waals surface area contributed by atoms with Crippen molar-refractivity contribution in [1.29, 1.82) is 0 Å². The number of anilines is 2. The molecule has 3 rings (SSSR count). The van der Waals surface area contributed by atoms with Crippen LogP contribution < -0.4 is 20.7 Å². The van der Waals surface area contributed by atoms with Crippen LogP contribution >= 0.6 is 0 Å². The van der Waals surface area contributed by atoms with Crippen molar-refractivity contribution in [3.05, 3.63) is 42.2 Å². The number of aromatic nitrogens is 2. The predicted octanol–water partition coefficient (Wildman–Crippen LogP) is 3.66. The summed E-state index contributed by atoms with van der Waals surface area (Å²) in [6.07, 6.45) is 8.36. The second kappa shape index (κ2) is 10.8. The zero-order valence-corrected chi connectivity index (χ0v) is 17.3. The van der Waals surface area contributed by atoms with E-state index in [2.05, 4.69) is 32.8 Å². The Hall–Kier alpha value is -2.67. The second-order valence-electron chi connectivity index (χ2n) is 7.40. The Bertz CT molecular complexity index is 798. The maximum atomic E-state index is 12.8. The number of rotatable bonds is 9. The number of hydrogen-bond donors (Lipinski definition) is 3. The molecule has 1 aliphatic rings. The fraction of sp³-hybridized carbons (Fsp3) is 0.500. The molecule has 1 saturated carbocycles. The number of carbonyl (C=O) groups excluding carboxylic acids is 1. The summed E-state index contributed by atoms with van der Waals surface area (Å²) in [5.74, 6) is 0.963. The summed E-state index contributed by atoms with van der Waals surface area (Å²) in [7, 11) is 1.62. The second-order valence-corrected chi connectivity index (χ2v) is 7.40. The number of nitrogens with zero attached hydrogens (tertiary/aromatic N) is 2. The maximum Gasteiger partial charge on any atom is 0.270 e. The van der Waals surface area contributed by atoms with Gasteiger partial charge in [0.05, 0.1) is 7.11 Å². The average Bonchev–Trinajstić information content (AvgIpc) is 2.75. The van der Waals surface area contributed by atoms with E-state index >= 15 is 0 Å². The number of nitrogens with one attached hydrogen (secondary N) is 3. The third kappa shape index (κ3) is 6.15. The van der Waals surface area contributed by atoms with Crippen molar-refractivity contribution >= 4 is 17.5 Å². The molecule has 1 aromatic carbocycles. The molecule has 2 atom stereocenters. The number of unbranched alkanes of at least 4 members (excludes halogenated alkanes) is 1. The third-order valence-corrected chi connectivity index (χ3v) is 5.23. The number of methoxy groups -OCH3 is 1. The van der Waals surface area contributed by atoms with Crippen molar-refractivity contribution in [2.75, 3.05) is 19.0 Å². The smallest absolute Gasteiger partial charge is 0.270 e. The number of hydrogen-bond acceptors (Lipinski definition) is 6. The topological polar surface area (TPSA) is 88.2 Å². The standard InChI is InChI=1S/C22H31N5O2/c1-3-4-13-23-18-10-5-6-11-19(18)26-21(28)20-12-14-24-22(27-20)25-16-8-7-9-17(15-16)29-2/h7-9,12,14-15,18-19,23H,3-6,10-11,13H2,1-2H3,(H,26,28)(H,24,25,27). The minimum absolute atomic E-state index is 0.137. The highest BCUT2D eigenvalue weighted by Crippen LogP contribution is 2.21. The Morgan fingerprint density at radius 2 is 2.03 bits per heavy atom. The largest absolute Gasteiger partial charge is 0.497 e. The summed E-state index contributed by atoms with van der Waals surface area (Å²) in [5.41, 5.74) is 1.16. The minimum atomic E-state index is -0.157. The van der Waals surface area contributed by atoms with Gasteiger partial charge in [-0.25, -0.2) is 9.97 Å². The van der Waals surface area contributed by atoms with E-state index in [1.165, 1.54) is 12.8 Å². The van der Waals surface area contributed by atoms with Crippen LogP contribution in [0.5, 0.6) is 5.75 Å². The van der Waals surface area contributed by atoms with Crippen LogP contribution in [0.2, 0.25) is 0 Å². The lowest BCUT2D eigenvalue weighted by molar-refractivity contribution is 0.0910. The molecule has 0 saturated heterocycles. The van der Waals surface area contributed by atoms with Crippen LogP contribution in [-0.2, 0) is 0 Å². The van der Waals surface area contributed by atoms with Crippen LogP contribution in [-0.4, -0.2) is 41.6 Å². The van der Waals surface area contributed by atoms with Gasteiger partial charge in [0.15, 0.2) is 0 Å². The van der Waals surface area contributed by atoms with Gasteiger partial charge in [0, 0.05) is 30.0 Å². The highest BCUT2D eigenvalue weighted by Gasteiger charge is 2.26. The van der Waals surface area contributed by atoms with Crippen molar-refractivity contribution in [3.8, 4) is 5.75 Å². The quantitative estimate of drug-likeness (QED) is 0.560. The molecule has 1 aromatic heterocycles. The first-order chi connectivity index (χ1) is 14.2. The van der Waals surface area contributed by atoms with Crippen LogP contribution in [0.15, 0.2) is 36.5 Å². The molecule has 1 amide bonds. The molecule has 0 radical (unpaired) electrons. The lowest BCUT2D eigenvalue weighted by Gasteiger charge is -2.33. The van der Waals surface area contributed by atoms with Crippen LogP contribution in [0, 0.1) is 0 Å². The van der Waals surface area contributed by atoms with E-state index < -0.39 is 0 Å². The molecule has 7 heteroatoms. The van der Waals surface area contributed by atoms with Crippen LogP contribution in [0.25, 0.3) is 0 Å². The summed E-state index contributed by atoms with van der Waals surface area (Å²) in [4.78, 5) is 21.4. The van der Waals surface area contributed by atoms with Gasteiger partial charge < -0.3 is 20.7 Å². The highest BCUT2D eigenvalue weighted by atomic mass is 16.5. The zero-order chi connectivity index (χ0) is 20.5. The molecule has 0 bridgehead atoms. The van der Waals surface area contributed by atoms with Gasteiger partial charge in [-0.15, -0.1) is 0 Å². The molecule has 0 aliphatic heterocycles. The third-order valence-electron chi connectivity index (χ3n) is 5.23. The molecule has 1 fully saturated rings. The Balaban J connectivity index is 1.63. The van der Waals surface area contributed by atoms with E-state index in [0.29, 0.717) is 17.7 Å². The molecule has 29 heavy (non-hydrogen) atoms. The monoisotopic (exact) mass is 397 g/mol. The zero-order valence-electron chi connectivity index (χ0n) is 17.3. The first kappa shape index (κ1) is 21.0. The SMILES string of the molecule is CCCCNC1CCCCC1NC(=O)c1ccnc(Nc2cccc(OC)c2)n1. The van der Waals surface area contributed by atoms with E-state index in [9.17, 15) is 4.79 Å². The number of amides is 1. The molecule has 7 nitrogen and oxygen atoms in total. The van der Waals surface area contributed by atoms with Crippen LogP contribution in [0.3, 0.4) is 0 Å². The van der Waals surface area contributed by atoms with Crippen molar-refractivity contribution in [1.82, 2.24) is 20.6 Å². The van der Waals surface area contributed by atoms with Crippen molar-refractivity contribution in [2.45, 2.75) is 57.5 Å². The summed E-state index contributed by atoms with van der Waals surface area (Å²) in [6.45, 7) is 3.18. The first-order valence-corrected chi connectivity index (χ1v) is 10.5. The van der Waals surface area contributed by atoms with Gasteiger partial charge in [-0.2, -0.15) is 0 Å². The van der Waals surface area contributed by atoms with Gasteiger partial charge in [0.25, 0.3) is 5.91 Å².